The van der Waals surface area contributed by atoms with Crippen LogP contribution in [0.4, 0.5) is 0 Å². The van der Waals surface area contributed by atoms with E-state index in [2.05, 4.69) is 59.2 Å². The summed E-state index contributed by atoms with van der Waals surface area (Å²) in [5.41, 5.74) is 9.27. The topological polar surface area (TPSA) is 75.2 Å². The van der Waals surface area contributed by atoms with E-state index in [1.165, 1.54) is 0 Å². The van der Waals surface area contributed by atoms with Crippen molar-refractivity contribution in [2.24, 2.45) is 0 Å². The second kappa shape index (κ2) is 10.2. The van der Waals surface area contributed by atoms with Gasteiger partial charge in [-0.2, -0.15) is 0 Å². The number of para-hydroxylation sites is 2. The highest BCUT2D eigenvalue weighted by Gasteiger charge is 2.32. The monoisotopic (exact) mass is 668 g/mol. The Balaban J connectivity index is 1.05. The van der Waals surface area contributed by atoms with Crippen LogP contribution in [0, 0.1) is 0 Å². The first-order chi connectivity index (χ1) is 25.7. The fourth-order valence-electron chi connectivity index (χ4n) is 7.92. The van der Waals surface area contributed by atoms with Crippen molar-refractivity contribution < 1.29 is 13.9 Å². The van der Waals surface area contributed by atoms with Crippen molar-refractivity contribution >= 4 is 43.7 Å². The van der Waals surface area contributed by atoms with Gasteiger partial charge < -0.3 is 13.9 Å². The summed E-state index contributed by atoms with van der Waals surface area (Å²) >= 11 is 0. The summed E-state index contributed by atoms with van der Waals surface area (Å²) < 4.78 is 22.0. The number of aromatic nitrogens is 4. The van der Waals surface area contributed by atoms with Crippen molar-refractivity contribution in [1.82, 2.24) is 19.5 Å². The normalized spacial score (nSPS) is 12.5. The van der Waals surface area contributed by atoms with Gasteiger partial charge in [-0.3, -0.25) is 4.57 Å². The maximum absolute atomic E-state index is 6.62. The quantitative estimate of drug-likeness (QED) is 0.186. The third-order valence-corrected chi connectivity index (χ3v) is 10.2. The molecule has 12 rings (SSSR count). The van der Waals surface area contributed by atoms with Crippen LogP contribution in [0.3, 0.4) is 0 Å². The van der Waals surface area contributed by atoms with Crippen LogP contribution in [0.25, 0.3) is 94.7 Å². The van der Waals surface area contributed by atoms with Gasteiger partial charge in [-0.25, -0.2) is 15.0 Å². The van der Waals surface area contributed by atoms with E-state index in [1.807, 2.05) is 91.0 Å². The number of ether oxygens (including phenoxy) is 2. The van der Waals surface area contributed by atoms with Gasteiger partial charge in [0.1, 0.15) is 16.9 Å². The predicted molar refractivity (Wildman–Crippen MR) is 203 cm³/mol. The molecule has 7 aromatic carbocycles. The summed E-state index contributed by atoms with van der Waals surface area (Å²) in [6.07, 6.45) is 0. The molecule has 0 atom stereocenters. The second-order valence-corrected chi connectivity index (χ2v) is 13.2. The Morgan fingerprint density at radius 2 is 1.00 bits per heavy atom. The third-order valence-electron chi connectivity index (χ3n) is 10.2. The second-order valence-electron chi connectivity index (χ2n) is 13.2. The summed E-state index contributed by atoms with van der Waals surface area (Å²) in [7, 11) is 0. The highest BCUT2D eigenvalue weighted by molar-refractivity contribution is 6.15. The van der Waals surface area contributed by atoms with Crippen LogP contribution in [0.2, 0.25) is 0 Å². The molecule has 0 aliphatic carbocycles. The van der Waals surface area contributed by atoms with Gasteiger partial charge in [0.2, 0.25) is 0 Å². The minimum absolute atomic E-state index is 0.577. The van der Waals surface area contributed by atoms with Gasteiger partial charge in [-0.1, -0.05) is 103 Å². The Kier molecular flexibility index (Phi) is 5.38. The number of furan rings is 1. The van der Waals surface area contributed by atoms with Gasteiger partial charge in [0.05, 0.1) is 11.0 Å². The van der Waals surface area contributed by atoms with Crippen molar-refractivity contribution in [3.8, 4) is 74.0 Å². The lowest BCUT2D eigenvalue weighted by Gasteiger charge is -2.27. The molecule has 242 valence electrons. The van der Waals surface area contributed by atoms with Crippen LogP contribution in [0.1, 0.15) is 0 Å². The highest BCUT2D eigenvalue weighted by Crippen LogP contribution is 2.55. The smallest absolute Gasteiger partial charge is 0.164 e. The first kappa shape index (κ1) is 27.6. The van der Waals surface area contributed by atoms with Crippen molar-refractivity contribution in [3.63, 3.8) is 0 Å². The van der Waals surface area contributed by atoms with Crippen molar-refractivity contribution in [2.45, 2.75) is 0 Å². The SMILES string of the molecule is c1ccc(-c2nc(-c3ccccc3)nc(-c3cccc4oc5ccc(-c6cc7c8c(c6)Oc6cccc9c%10cccc(c%10n-8c69)O7)cc5c34)n2)cc1. The number of nitrogens with zero attached hydrogens (tertiary/aromatic N) is 4. The molecule has 0 saturated heterocycles. The summed E-state index contributed by atoms with van der Waals surface area (Å²) in [6.45, 7) is 0. The molecule has 0 fully saturated rings. The van der Waals surface area contributed by atoms with E-state index in [-0.39, 0.29) is 0 Å². The lowest BCUT2D eigenvalue weighted by atomic mass is 9.99. The van der Waals surface area contributed by atoms with E-state index in [0.29, 0.717) is 17.5 Å². The molecule has 0 radical (unpaired) electrons. The summed E-state index contributed by atoms with van der Waals surface area (Å²) in [4.78, 5) is 15.0. The van der Waals surface area contributed by atoms with Crippen LogP contribution in [0.5, 0.6) is 23.0 Å². The van der Waals surface area contributed by atoms with Crippen LogP contribution >= 0.6 is 0 Å². The molecule has 10 aromatic rings. The minimum Gasteiger partial charge on any atom is -0.456 e. The summed E-state index contributed by atoms with van der Waals surface area (Å²) in [5.74, 6) is 4.97. The lowest BCUT2D eigenvalue weighted by molar-refractivity contribution is 0.444. The molecule has 0 spiro atoms. The molecule has 0 N–H and O–H groups in total. The Bertz CT molecular complexity index is 2990. The zero-order chi connectivity index (χ0) is 33.9. The van der Waals surface area contributed by atoms with Gasteiger partial charge in [-0.15, -0.1) is 0 Å². The Morgan fingerprint density at radius 1 is 0.404 bits per heavy atom. The Labute approximate surface area is 296 Å². The largest absolute Gasteiger partial charge is 0.456 e. The van der Waals surface area contributed by atoms with E-state index in [4.69, 9.17) is 28.8 Å². The van der Waals surface area contributed by atoms with E-state index >= 15 is 0 Å². The molecule has 0 unspecified atom stereocenters. The Hall–Kier alpha value is -7.25. The molecule has 0 bridgehead atoms. The fourth-order valence-corrected chi connectivity index (χ4v) is 7.92. The molecular weight excluding hydrogens is 645 g/mol. The molecule has 5 heterocycles. The first-order valence-electron chi connectivity index (χ1n) is 17.2. The molecule has 0 saturated carbocycles. The van der Waals surface area contributed by atoms with Crippen LogP contribution in [-0.2, 0) is 0 Å². The summed E-state index contributed by atoms with van der Waals surface area (Å²) in [6, 6.07) is 49.1. The molecule has 52 heavy (non-hydrogen) atoms. The van der Waals surface area contributed by atoms with Gasteiger partial charge >= 0.3 is 0 Å². The van der Waals surface area contributed by atoms with Crippen LogP contribution < -0.4 is 9.47 Å². The van der Waals surface area contributed by atoms with E-state index < -0.39 is 0 Å². The number of rotatable bonds is 4. The van der Waals surface area contributed by atoms with E-state index in [1.54, 1.807) is 0 Å². The van der Waals surface area contributed by atoms with Gasteiger partial charge in [-0.05, 0) is 53.6 Å². The maximum Gasteiger partial charge on any atom is 0.164 e. The van der Waals surface area contributed by atoms with Crippen LogP contribution in [0.15, 0.2) is 150 Å². The molecular formula is C45H24N4O3. The Morgan fingerprint density at radius 3 is 1.63 bits per heavy atom. The van der Waals surface area contributed by atoms with Crippen molar-refractivity contribution in [3.05, 3.63) is 146 Å². The average molecular weight is 669 g/mol. The molecule has 0 amide bonds. The predicted octanol–water partition coefficient (Wildman–Crippen LogP) is 11.7. The van der Waals surface area contributed by atoms with E-state index in [0.717, 1.165) is 100 Å². The molecule has 3 aromatic heterocycles. The van der Waals surface area contributed by atoms with Crippen LogP contribution in [-0.4, -0.2) is 19.5 Å². The van der Waals surface area contributed by atoms with Crippen molar-refractivity contribution in [1.29, 1.82) is 0 Å². The minimum atomic E-state index is 0.577. The van der Waals surface area contributed by atoms with Gasteiger partial charge in [0.25, 0.3) is 0 Å². The van der Waals surface area contributed by atoms with Crippen molar-refractivity contribution in [2.75, 3.05) is 0 Å². The summed E-state index contributed by atoms with van der Waals surface area (Å²) in [5, 5.41) is 4.20. The van der Waals surface area contributed by atoms with Gasteiger partial charge in [0, 0.05) is 38.2 Å². The van der Waals surface area contributed by atoms with E-state index in [9.17, 15) is 0 Å². The first-order valence-corrected chi connectivity index (χ1v) is 17.2. The molecule has 7 nitrogen and oxygen atoms in total. The number of benzene rings is 7. The van der Waals surface area contributed by atoms with Gasteiger partial charge in [0.15, 0.2) is 40.5 Å². The third kappa shape index (κ3) is 3.82. The standard InChI is InChI=1S/C45H24N4O3/c1-3-10-25(11-4-1)43-46-44(26-12-5-2-6-13-26)48-45(47-43)31-16-9-17-34-39(31)32-22-27(20-21-33(32)50-34)28-23-37-42-38(24-28)52-36-19-8-15-30-29-14-7-18-35(51-37)40(29)49(42)41(30)36/h1-24H. The maximum atomic E-state index is 6.62. The average Bonchev–Trinajstić information content (AvgIpc) is 3.76. The number of fused-ring (bicyclic) bond motifs is 4. The molecule has 7 heteroatoms. The number of hydrogen-bond donors (Lipinski definition) is 0. The molecule has 2 aliphatic rings. The zero-order valence-electron chi connectivity index (χ0n) is 27.4. The zero-order valence-corrected chi connectivity index (χ0v) is 27.4. The number of hydrogen-bond acceptors (Lipinski definition) is 6. The fraction of sp³-hybridized carbons (Fsp3) is 0. The highest BCUT2D eigenvalue weighted by atomic mass is 16.5. The lowest BCUT2D eigenvalue weighted by Crippen LogP contribution is -2.10. The molecule has 2 aliphatic heterocycles.